The summed E-state index contributed by atoms with van der Waals surface area (Å²) in [7, 11) is 4.30. The molecular weight excluding hydrogens is 248 g/mol. The molecule has 20 heavy (non-hydrogen) atoms. The van der Waals surface area contributed by atoms with Crippen molar-refractivity contribution in [2.75, 3.05) is 33.7 Å². The van der Waals surface area contributed by atoms with E-state index < -0.39 is 0 Å². The van der Waals surface area contributed by atoms with E-state index >= 15 is 0 Å². The number of likely N-dealkylation sites (tertiary alicyclic amines) is 1. The van der Waals surface area contributed by atoms with E-state index in [4.69, 9.17) is 0 Å². The number of hydrogen-bond donors (Lipinski definition) is 1. The van der Waals surface area contributed by atoms with Gasteiger partial charge in [-0.2, -0.15) is 5.26 Å². The van der Waals surface area contributed by atoms with Crippen LogP contribution in [0.1, 0.15) is 38.5 Å². The third-order valence-electron chi connectivity index (χ3n) is 5.04. The molecule has 0 spiro atoms. The molecule has 0 amide bonds. The van der Waals surface area contributed by atoms with Crippen molar-refractivity contribution in [1.82, 2.24) is 15.1 Å². The summed E-state index contributed by atoms with van der Waals surface area (Å²) >= 11 is 0. The largest absolute Gasteiger partial charge is 0.308 e. The maximum Gasteiger partial charge on any atom is 0.122 e. The molecular formula is C16H28N4. The fourth-order valence-corrected chi connectivity index (χ4v) is 3.67. The maximum absolute atomic E-state index is 9.84. The van der Waals surface area contributed by atoms with Crippen molar-refractivity contribution in [1.29, 1.82) is 5.26 Å². The van der Waals surface area contributed by atoms with E-state index in [2.05, 4.69) is 35.3 Å². The zero-order valence-corrected chi connectivity index (χ0v) is 12.9. The van der Waals surface area contributed by atoms with Crippen molar-refractivity contribution in [2.24, 2.45) is 5.92 Å². The average molecular weight is 276 g/mol. The molecule has 2 unspecified atom stereocenters. The summed E-state index contributed by atoms with van der Waals surface area (Å²) in [6.07, 6.45) is 7.56. The summed E-state index contributed by atoms with van der Waals surface area (Å²) in [6.45, 7) is 3.22. The Kier molecular flexibility index (Phi) is 4.03. The second-order valence-electron chi connectivity index (χ2n) is 7.30. The van der Waals surface area contributed by atoms with Crippen LogP contribution >= 0.6 is 0 Å². The molecule has 3 rings (SSSR count). The summed E-state index contributed by atoms with van der Waals surface area (Å²) in [4.78, 5) is 4.86. The third kappa shape index (κ3) is 3.16. The van der Waals surface area contributed by atoms with Crippen LogP contribution in [0, 0.1) is 17.2 Å². The lowest BCUT2D eigenvalue weighted by molar-refractivity contribution is 0.158. The molecule has 2 saturated carbocycles. The van der Waals surface area contributed by atoms with E-state index in [1.54, 1.807) is 0 Å². The number of rotatable bonds is 7. The van der Waals surface area contributed by atoms with Gasteiger partial charge in [0.15, 0.2) is 0 Å². The lowest BCUT2D eigenvalue weighted by atomic mass is 9.93. The molecule has 0 bridgehead atoms. The first-order valence-corrected chi connectivity index (χ1v) is 8.21. The standard InChI is InChI=1S/C16H28N4/c1-19(2)10-15-4-3-9-20(15)12-16(11-17,13-5-6-13)18-14-7-8-14/h13-15,18H,3-10,12H2,1-2H3. The molecule has 1 N–H and O–H groups in total. The van der Waals surface area contributed by atoms with Gasteiger partial charge in [0.05, 0.1) is 6.07 Å². The van der Waals surface area contributed by atoms with Gasteiger partial charge in [-0.25, -0.2) is 0 Å². The quantitative estimate of drug-likeness (QED) is 0.764. The van der Waals surface area contributed by atoms with Gasteiger partial charge >= 0.3 is 0 Å². The molecule has 3 fully saturated rings. The zero-order chi connectivity index (χ0) is 14.2. The monoisotopic (exact) mass is 276 g/mol. The van der Waals surface area contributed by atoms with Gasteiger partial charge < -0.3 is 4.90 Å². The fourth-order valence-electron chi connectivity index (χ4n) is 3.67. The van der Waals surface area contributed by atoms with Crippen LogP contribution in [0.2, 0.25) is 0 Å². The molecule has 2 atom stereocenters. The van der Waals surface area contributed by atoms with E-state index in [0.717, 1.165) is 13.1 Å². The average Bonchev–Trinajstić information content (AvgIpc) is 3.30. The summed E-state index contributed by atoms with van der Waals surface area (Å²) < 4.78 is 0. The van der Waals surface area contributed by atoms with Crippen molar-refractivity contribution in [2.45, 2.75) is 56.1 Å². The summed E-state index contributed by atoms with van der Waals surface area (Å²) in [5, 5.41) is 13.5. The van der Waals surface area contributed by atoms with Crippen LogP contribution in [0.4, 0.5) is 0 Å². The van der Waals surface area contributed by atoms with E-state index in [0.29, 0.717) is 18.0 Å². The van der Waals surface area contributed by atoms with Gasteiger partial charge in [0.2, 0.25) is 0 Å². The van der Waals surface area contributed by atoms with Gasteiger partial charge in [-0.1, -0.05) is 0 Å². The minimum atomic E-state index is -0.268. The Balaban J connectivity index is 1.67. The van der Waals surface area contributed by atoms with Gasteiger partial charge in [-0.05, 0) is 65.1 Å². The molecule has 0 aromatic carbocycles. The molecule has 4 nitrogen and oxygen atoms in total. The Labute approximate surface area is 123 Å². The highest BCUT2D eigenvalue weighted by molar-refractivity contribution is 5.19. The third-order valence-corrected chi connectivity index (χ3v) is 5.04. The van der Waals surface area contributed by atoms with Crippen molar-refractivity contribution >= 4 is 0 Å². The van der Waals surface area contributed by atoms with Crippen molar-refractivity contribution < 1.29 is 0 Å². The van der Waals surface area contributed by atoms with Gasteiger partial charge in [-0.3, -0.25) is 10.2 Å². The minimum absolute atomic E-state index is 0.268. The molecule has 1 aliphatic heterocycles. The topological polar surface area (TPSA) is 42.3 Å². The highest BCUT2D eigenvalue weighted by Crippen LogP contribution is 2.42. The van der Waals surface area contributed by atoms with Gasteiger partial charge in [0.1, 0.15) is 5.54 Å². The van der Waals surface area contributed by atoms with Crippen LogP contribution in [0.3, 0.4) is 0 Å². The number of nitriles is 1. The predicted molar refractivity (Wildman–Crippen MR) is 80.4 cm³/mol. The Bertz CT molecular complexity index is 380. The molecule has 112 valence electrons. The molecule has 0 radical (unpaired) electrons. The summed E-state index contributed by atoms with van der Waals surface area (Å²) in [6, 6.07) is 3.94. The highest BCUT2D eigenvalue weighted by Gasteiger charge is 2.50. The Hall–Kier alpha value is -0.630. The van der Waals surface area contributed by atoms with Crippen LogP contribution < -0.4 is 5.32 Å². The van der Waals surface area contributed by atoms with E-state index in [-0.39, 0.29) is 5.54 Å². The number of likely N-dealkylation sites (N-methyl/N-ethyl adjacent to an activating group) is 1. The van der Waals surface area contributed by atoms with Gasteiger partial charge in [0.25, 0.3) is 0 Å². The van der Waals surface area contributed by atoms with Crippen LogP contribution in [-0.4, -0.2) is 61.2 Å². The zero-order valence-electron chi connectivity index (χ0n) is 12.9. The molecule has 4 heteroatoms. The van der Waals surface area contributed by atoms with Crippen molar-refractivity contribution in [3.8, 4) is 6.07 Å². The normalized spacial score (nSPS) is 30.4. The Morgan fingerprint density at radius 2 is 2.00 bits per heavy atom. The summed E-state index contributed by atoms with van der Waals surface area (Å²) in [5.41, 5.74) is -0.268. The van der Waals surface area contributed by atoms with Crippen LogP contribution in [0.25, 0.3) is 0 Å². The first-order chi connectivity index (χ1) is 9.63. The van der Waals surface area contributed by atoms with Gasteiger partial charge in [0, 0.05) is 25.2 Å². The molecule has 0 aromatic heterocycles. The smallest absolute Gasteiger partial charge is 0.122 e. The van der Waals surface area contributed by atoms with Crippen LogP contribution in [-0.2, 0) is 0 Å². The molecule has 3 aliphatic rings. The van der Waals surface area contributed by atoms with E-state index in [1.165, 1.54) is 45.1 Å². The first-order valence-electron chi connectivity index (χ1n) is 8.21. The fraction of sp³-hybridized carbons (Fsp3) is 0.938. The number of nitrogens with zero attached hydrogens (tertiary/aromatic N) is 3. The van der Waals surface area contributed by atoms with E-state index in [1.807, 2.05) is 0 Å². The van der Waals surface area contributed by atoms with Gasteiger partial charge in [-0.15, -0.1) is 0 Å². The number of nitrogens with one attached hydrogen (secondary N) is 1. The Morgan fingerprint density at radius 1 is 1.25 bits per heavy atom. The molecule has 1 saturated heterocycles. The first kappa shape index (κ1) is 14.3. The maximum atomic E-state index is 9.84. The summed E-state index contributed by atoms with van der Waals surface area (Å²) in [5.74, 6) is 0.591. The van der Waals surface area contributed by atoms with Crippen molar-refractivity contribution in [3.05, 3.63) is 0 Å². The SMILES string of the molecule is CN(C)CC1CCCN1CC(C#N)(NC1CC1)C1CC1. The number of hydrogen-bond acceptors (Lipinski definition) is 4. The van der Waals surface area contributed by atoms with Crippen LogP contribution in [0.15, 0.2) is 0 Å². The molecule has 2 aliphatic carbocycles. The predicted octanol–water partition coefficient (Wildman–Crippen LogP) is 1.44. The second kappa shape index (κ2) is 5.63. The Morgan fingerprint density at radius 3 is 2.55 bits per heavy atom. The highest BCUT2D eigenvalue weighted by atomic mass is 15.3. The van der Waals surface area contributed by atoms with E-state index in [9.17, 15) is 5.26 Å². The minimum Gasteiger partial charge on any atom is -0.308 e. The molecule has 0 aromatic rings. The molecule has 1 heterocycles. The second-order valence-corrected chi connectivity index (χ2v) is 7.30. The van der Waals surface area contributed by atoms with Crippen LogP contribution in [0.5, 0.6) is 0 Å². The lowest BCUT2D eigenvalue weighted by Gasteiger charge is -2.36. The van der Waals surface area contributed by atoms with Crippen molar-refractivity contribution in [3.63, 3.8) is 0 Å². The lowest BCUT2D eigenvalue weighted by Crippen LogP contribution is -2.56.